The molecule has 0 aromatic heterocycles. The molecule has 0 amide bonds. The summed E-state index contributed by atoms with van der Waals surface area (Å²) >= 11 is 0. The first-order chi connectivity index (χ1) is 4.34. The van der Waals surface area contributed by atoms with E-state index in [1.165, 1.54) is 25.7 Å². The van der Waals surface area contributed by atoms with Gasteiger partial charge in [0.25, 0.3) is 0 Å². The van der Waals surface area contributed by atoms with Crippen molar-refractivity contribution in [1.82, 2.24) is 0 Å². The molecule has 0 aromatic carbocycles. The van der Waals surface area contributed by atoms with Gasteiger partial charge in [0, 0.05) is 0 Å². The number of rotatable bonds is 1. The topological polar surface area (TPSA) is 0 Å². The lowest BCUT2D eigenvalue weighted by atomic mass is 9.81. The first-order valence-corrected chi connectivity index (χ1v) is 3.97. The van der Waals surface area contributed by atoms with Crippen LogP contribution in [0.5, 0.6) is 0 Å². The van der Waals surface area contributed by atoms with Crippen molar-refractivity contribution in [3.05, 3.63) is 12.7 Å². The van der Waals surface area contributed by atoms with E-state index in [1.807, 2.05) is 0 Å². The highest BCUT2D eigenvalue weighted by Gasteiger charge is 2.17. The summed E-state index contributed by atoms with van der Waals surface area (Å²) in [7, 11) is 0. The molecule has 0 aliphatic heterocycles. The van der Waals surface area contributed by atoms with Crippen LogP contribution in [-0.2, 0) is 0 Å². The van der Waals surface area contributed by atoms with E-state index in [2.05, 4.69) is 19.6 Å². The van der Waals surface area contributed by atoms with Gasteiger partial charge in [-0.1, -0.05) is 32.3 Å². The van der Waals surface area contributed by atoms with Crippen LogP contribution in [-0.4, -0.2) is 0 Å². The predicted octanol–water partition coefficient (Wildman–Crippen LogP) is 3.00. The van der Waals surface area contributed by atoms with Crippen LogP contribution in [0.1, 0.15) is 32.6 Å². The zero-order valence-electron chi connectivity index (χ0n) is 6.27. The summed E-state index contributed by atoms with van der Waals surface area (Å²) in [5.74, 6) is 1.72. The first-order valence-electron chi connectivity index (χ1n) is 3.97. The maximum Gasteiger partial charge on any atom is -0.0210 e. The molecule has 0 unspecified atom stereocenters. The van der Waals surface area contributed by atoms with Crippen LogP contribution in [0.3, 0.4) is 0 Å². The second kappa shape index (κ2) is 3.05. The SMILES string of the molecule is C=C[C@@H]1CCCC[C@H]1C. The van der Waals surface area contributed by atoms with Gasteiger partial charge in [-0.15, -0.1) is 6.58 Å². The molecule has 1 aliphatic carbocycles. The highest BCUT2D eigenvalue weighted by molar-refractivity contribution is 4.85. The molecule has 0 N–H and O–H groups in total. The summed E-state index contributed by atoms with van der Waals surface area (Å²) in [6.07, 6.45) is 7.78. The van der Waals surface area contributed by atoms with E-state index in [0.717, 1.165) is 11.8 Å². The molecular weight excluding hydrogens is 108 g/mol. The summed E-state index contributed by atoms with van der Waals surface area (Å²) < 4.78 is 0. The van der Waals surface area contributed by atoms with E-state index >= 15 is 0 Å². The minimum Gasteiger partial charge on any atom is -0.103 e. The lowest BCUT2D eigenvalue weighted by Crippen LogP contribution is -2.13. The Morgan fingerprint density at radius 3 is 2.44 bits per heavy atom. The van der Waals surface area contributed by atoms with Gasteiger partial charge in [0.15, 0.2) is 0 Å². The van der Waals surface area contributed by atoms with Crippen molar-refractivity contribution >= 4 is 0 Å². The standard InChI is InChI=1S/C9H16/c1-3-9-7-5-4-6-8(9)2/h3,8-9H,1,4-7H2,2H3/t8-,9-/m1/s1. The van der Waals surface area contributed by atoms with Crippen molar-refractivity contribution in [2.45, 2.75) is 32.6 Å². The highest BCUT2D eigenvalue weighted by atomic mass is 14.2. The number of hydrogen-bond donors (Lipinski definition) is 0. The Morgan fingerprint density at radius 1 is 1.33 bits per heavy atom. The predicted molar refractivity (Wildman–Crippen MR) is 41.3 cm³/mol. The summed E-state index contributed by atoms with van der Waals surface area (Å²) in [5.41, 5.74) is 0. The fourth-order valence-corrected chi connectivity index (χ4v) is 1.70. The van der Waals surface area contributed by atoms with E-state index in [9.17, 15) is 0 Å². The molecule has 0 nitrogen and oxygen atoms in total. The van der Waals surface area contributed by atoms with Gasteiger partial charge in [-0.05, 0) is 18.3 Å². The average Bonchev–Trinajstić information content (AvgIpc) is 1.89. The van der Waals surface area contributed by atoms with Crippen LogP contribution in [0.2, 0.25) is 0 Å². The fourth-order valence-electron chi connectivity index (χ4n) is 1.70. The zero-order valence-corrected chi connectivity index (χ0v) is 6.27. The molecule has 0 heterocycles. The quantitative estimate of drug-likeness (QED) is 0.471. The molecule has 9 heavy (non-hydrogen) atoms. The van der Waals surface area contributed by atoms with E-state index in [0.29, 0.717) is 0 Å². The second-order valence-corrected chi connectivity index (χ2v) is 3.16. The van der Waals surface area contributed by atoms with Crippen molar-refractivity contribution in [3.8, 4) is 0 Å². The van der Waals surface area contributed by atoms with Gasteiger partial charge in [-0.3, -0.25) is 0 Å². The maximum absolute atomic E-state index is 3.83. The van der Waals surface area contributed by atoms with Gasteiger partial charge in [0.1, 0.15) is 0 Å². The van der Waals surface area contributed by atoms with Crippen molar-refractivity contribution in [2.75, 3.05) is 0 Å². The third-order valence-electron chi connectivity index (χ3n) is 2.48. The molecule has 1 fully saturated rings. The van der Waals surface area contributed by atoms with Crippen molar-refractivity contribution in [2.24, 2.45) is 11.8 Å². The molecule has 52 valence electrons. The van der Waals surface area contributed by atoms with Crippen LogP contribution in [0.4, 0.5) is 0 Å². The molecule has 0 saturated heterocycles. The van der Waals surface area contributed by atoms with Crippen molar-refractivity contribution in [3.63, 3.8) is 0 Å². The summed E-state index contributed by atoms with van der Waals surface area (Å²) in [4.78, 5) is 0. The minimum atomic E-state index is 0.818. The monoisotopic (exact) mass is 124 g/mol. The zero-order chi connectivity index (χ0) is 6.69. The Bertz CT molecular complexity index is 94.2. The van der Waals surface area contributed by atoms with Crippen molar-refractivity contribution in [1.29, 1.82) is 0 Å². The summed E-state index contributed by atoms with van der Waals surface area (Å²) in [6.45, 7) is 6.17. The third kappa shape index (κ3) is 1.57. The molecule has 1 aliphatic rings. The second-order valence-electron chi connectivity index (χ2n) is 3.16. The lowest BCUT2D eigenvalue weighted by molar-refractivity contribution is 0.307. The molecule has 0 heteroatoms. The van der Waals surface area contributed by atoms with Gasteiger partial charge in [0.05, 0.1) is 0 Å². The Kier molecular flexibility index (Phi) is 2.32. The lowest BCUT2D eigenvalue weighted by Gasteiger charge is -2.25. The third-order valence-corrected chi connectivity index (χ3v) is 2.48. The van der Waals surface area contributed by atoms with Crippen LogP contribution in [0.25, 0.3) is 0 Å². The largest absolute Gasteiger partial charge is 0.103 e. The van der Waals surface area contributed by atoms with E-state index in [4.69, 9.17) is 0 Å². The Hall–Kier alpha value is -0.260. The molecular formula is C9H16. The normalized spacial score (nSPS) is 36.1. The van der Waals surface area contributed by atoms with Crippen LogP contribution in [0, 0.1) is 11.8 Å². The first kappa shape index (κ1) is 6.85. The molecule has 1 rings (SSSR count). The van der Waals surface area contributed by atoms with Gasteiger partial charge in [-0.2, -0.15) is 0 Å². The highest BCUT2D eigenvalue weighted by Crippen LogP contribution is 2.29. The van der Waals surface area contributed by atoms with Crippen LogP contribution >= 0.6 is 0 Å². The molecule has 2 atom stereocenters. The van der Waals surface area contributed by atoms with E-state index < -0.39 is 0 Å². The van der Waals surface area contributed by atoms with E-state index in [1.54, 1.807) is 0 Å². The van der Waals surface area contributed by atoms with Crippen molar-refractivity contribution < 1.29 is 0 Å². The molecule has 0 spiro atoms. The average molecular weight is 124 g/mol. The number of allylic oxidation sites excluding steroid dienone is 1. The summed E-state index contributed by atoms with van der Waals surface area (Å²) in [5, 5.41) is 0. The fraction of sp³-hybridized carbons (Fsp3) is 0.778. The molecule has 0 radical (unpaired) electrons. The Morgan fingerprint density at radius 2 is 2.00 bits per heavy atom. The minimum absolute atomic E-state index is 0.818. The van der Waals surface area contributed by atoms with Crippen LogP contribution < -0.4 is 0 Å². The van der Waals surface area contributed by atoms with Gasteiger partial charge in [-0.25, -0.2) is 0 Å². The van der Waals surface area contributed by atoms with Gasteiger partial charge in [0.2, 0.25) is 0 Å². The number of hydrogen-bond acceptors (Lipinski definition) is 0. The van der Waals surface area contributed by atoms with Crippen LogP contribution in [0.15, 0.2) is 12.7 Å². The van der Waals surface area contributed by atoms with Gasteiger partial charge >= 0.3 is 0 Å². The molecule has 0 bridgehead atoms. The summed E-state index contributed by atoms with van der Waals surface area (Å²) in [6, 6.07) is 0. The Labute approximate surface area is 58.0 Å². The van der Waals surface area contributed by atoms with Gasteiger partial charge < -0.3 is 0 Å². The Balaban J connectivity index is 2.38. The molecule has 0 aromatic rings. The smallest absolute Gasteiger partial charge is 0.0210 e. The van der Waals surface area contributed by atoms with E-state index in [-0.39, 0.29) is 0 Å². The molecule has 1 saturated carbocycles. The maximum atomic E-state index is 3.83.